The molecule has 0 saturated carbocycles. The predicted molar refractivity (Wildman–Crippen MR) is 177 cm³/mol. The van der Waals surface area contributed by atoms with Crippen molar-refractivity contribution in [2.75, 3.05) is 31.0 Å². The van der Waals surface area contributed by atoms with Crippen LogP contribution in [-0.4, -0.2) is 62.8 Å². The molecule has 1 N–H and O–H groups in total. The molecule has 0 atom stereocenters. The van der Waals surface area contributed by atoms with Gasteiger partial charge in [-0.1, -0.05) is 48.5 Å². The van der Waals surface area contributed by atoms with E-state index in [2.05, 4.69) is 16.4 Å². The molecule has 1 aromatic heterocycles. The molecule has 4 aromatic carbocycles. The molecule has 0 unspecified atom stereocenters. The highest BCUT2D eigenvalue weighted by atomic mass is 32.2. The van der Waals surface area contributed by atoms with Crippen LogP contribution < -0.4 is 9.62 Å². The van der Waals surface area contributed by atoms with E-state index in [4.69, 9.17) is 10.00 Å². The molecule has 1 heterocycles. The smallest absolute Gasteiger partial charge is 0.325 e. The number of likely N-dealkylation sites (N-methyl/N-ethyl adjacent to an activating group) is 1. The number of carbonyl (C=O) groups excluding carboxylic acids is 3. The van der Waals surface area contributed by atoms with Crippen molar-refractivity contribution in [1.29, 1.82) is 5.26 Å². The number of aromatic nitrogens is 1. The van der Waals surface area contributed by atoms with Gasteiger partial charge < -0.3 is 15.0 Å². The highest BCUT2D eigenvalue weighted by molar-refractivity contribution is 7.93. The Morgan fingerprint density at radius 1 is 0.915 bits per heavy atom. The van der Waals surface area contributed by atoms with Crippen LogP contribution in [0, 0.1) is 11.3 Å². The first-order valence-corrected chi connectivity index (χ1v) is 16.1. The second-order valence-corrected chi connectivity index (χ2v) is 12.4. The lowest BCUT2D eigenvalue weighted by molar-refractivity contribution is -0.147. The number of amides is 2. The van der Waals surface area contributed by atoms with Gasteiger partial charge in [-0.15, -0.1) is 0 Å². The third kappa shape index (κ3) is 7.21. The minimum Gasteiger partial charge on any atom is -0.465 e. The van der Waals surface area contributed by atoms with Gasteiger partial charge in [0.2, 0.25) is 5.91 Å². The number of nitrogens with zero attached hydrogens (tertiary/aromatic N) is 4. The second kappa shape index (κ2) is 14.1. The van der Waals surface area contributed by atoms with Crippen molar-refractivity contribution in [1.82, 2.24) is 15.2 Å². The van der Waals surface area contributed by atoms with Crippen LogP contribution in [-0.2, 0) is 30.9 Å². The number of ether oxygens (including phenoxy) is 1. The molecule has 11 nitrogen and oxygen atoms in total. The summed E-state index contributed by atoms with van der Waals surface area (Å²) in [6.45, 7) is 1.07. The molecule has 0 radical (unpaired) electrons. The Hall–Kier alpha value is -5.80. The van der Waals surface area contributed by atoms with Crippen molar-refractivity contribution in [3.8, 4) is 6.07 Å². The molecule has 0 fully saturated rings. The van der Waals surface area contributed by atoms with Crippen LogP contribution in [0.5, 0.6) is 0 Å². The average molecular weight is 650 g/mol. The van der Waals surface area contributed by atoms with Crippen LogP contribution in [0.15, 0.2) is 102 Å². The molecule has 0 bridgehead atoms. The Labute approximate surface area is 272 Å². The number of carbonyl (C=O) groups is 3. The summed E-state index contributed by atoms with van der Waals surface area (Å²) in [4.78, 5) is 44.0. The van der Waals surface area contributed by atoms with Crippen LogP contribution in [0.1, 0.15) is 28.4 Å². The number of pyridine rings is 1. The fraction of sp³-hybridized carbons (Fsp3) is 0.171. The zero-order valence-electron chi connectivity index (χ0n) is 25.7. The van der Waals surface area contributed by atoms with Crippen molar-refractivity contribution >= 4 is 55.2 Å². The number of hydrogen-bond donors (Lipinski definition) is 1. The number of esters is 1. The molecule has 0 aliphatic heterocycles. The lowest BCUT2D eigenvalue weighted by atomic mass is 10.0. The van der Waals surface area contributed by atoms with Gasteiger partial charge in [-0.2, -0.15) is 5.26 Å². The second-order valence-electron chi connectivity index (χ2n) is 10.6. The number of fused-ring (bicyclic) bond motifs is 2. The van der Waals surface area contributed by atoms with Gasteiger partial charge in [0.05, 0.1) is 29.4 Å². The van der Waals surface area contributed by atoms with Crippen molar-refractivity contribution in [3.63, 3.8) is 0 Å². The van der Waals surface area contributed by atoms with E-state index in [1.54, 1.807) is 85.8 Å². The van der Waals surface area contributed by atoms with E-state index in [1.807, 2.05) is 0 Å². The summed E-state index contributed by atoms with van der Waals surface area (Å²) in [5, 5.41) is 13.6. The number of para-hydroxylation sites is 1. The number of nitriles is 1. The Balaban J connectivity index is 1.50. The molecule has 12 heteroatoms. The van der Waals surface area contributed by atoms with Crippen LogP contribution in [0.25, 0.3) is 21.7 Å². The molecule has 0 saturated heterocycles. The van der Waals surface area contributed by atoms with Crippen molar-refractivity contribution in [2.45, 2.75) is 18.4 Å². The van der Waals surface area contributed by atoms with Crippen molar-refractivity contribution in [2.24, 2.45) is 0 Å². The van der Waals surface area contributed by atoms with Crippen molar-refractivity contribution < 1.29 is 27.5 Å². The molecule has 5 rings (SSSR count). The average Bonchev–Trinajstić information content (AvgIpc) is 3.08. The molecular weight excluding hydrogens is 618 g/mol. The van der Waals surface area contributed by atoms with Gasteiger partial charge in [0.1, 0.15) is 18.0 Å². The number of nitrogens with one attached hydrogen (secondary N) is 1. The fourth-order valence-electron chi connectivity index (χ4n) is 5.05. The van der Waals surface area contributed by atoms with Gasteiger partial charge in [-0.3, -0.25) is 23.7 Å². The minimum atomic E-state index is -4.38. The summed E-state index contributed by atoms with van der Waals surface area (Å²) in [5.41, 5.74) is 2.14. The third-order valence-electron chi connectivity index (χ3n) is 7.47. The summed E-state index contributed by atoms with van der Waals surface area (Å²) in [7, 11) is -2.98. The van der Waals surface area contributed by atoms with E-state index >= 15 is 0 Å². The molecule has 5 aromatic rings. The predicted octanol–water partition coefficient (Wildman–Crippen LogP) is 4.41. The summed E-state index contributed by atoms with van der Waals surface area (Å²) in [5.74, 6) is -1.59. The molecule has 0 aliphatic rings. The lowest BCUT2D eigenvalue weighted by Crippen LogP contribution is -2.43. The highest BCUT2D eigenvalue weighted by Crippen LogP contribution is 2.31. The molecule has 47 heavy (non-hydrogen) atoms. The van der Waals surface area contributed by atoms with Gasteiger partial charge in [0.15, 0.2) is 0 Å². The number of rotatable bonds is 11. The number of anilines is 1. The van der Waals surface area contributed by atoms with Crippen LogP contribution >= 0.6 is 0 Å². The largest absolute Gasteiger partial charge is 0.465 e. The quantitative estimate of drug-likeness (QED) is 0.207. The Morgan fingerprint density at radius 3 is 2.38 bits per heavy atom. The molecule has 238 valence electrons. The summed E-state index contributed by atoms with van der Waals surface area (Å²) in [6, 6.07) is 27.0. The lowest BCUT2D eigenvalue weighted by Gasteiger charge is -2.27. The van der Waals surface area contributed by atoms with Gasteiger partial charge in [-0.05, 0) is 65.7 Å². The molecule has 0 aliphatic carbocycles. The Morgan fingerprint density at radius 2 is 1.64 bits per heavy atom. The molecule has 0 spiro atoms. The molecular formula is C35H31N5O6S. The topological polar surface area (TPSA) is 150 Å². The number of sulfonamides is 1. The zero-order valence-corrected chi connectivity index (χ0v) is 26.5. The van der Waals surface area contributed by atoms with Gasteiger partial charge >= 0.3 is 5.97 Å². The van der Waals surface area contributed by atoms with E-state index < -0.39 is 28.4 Å². The summed E-state index contributed by atoms with van der Waals surface area (Å²) >= 11 is 0. The van der Waals surface area contributed by atoms with Gasteiger partial charge in [-0.25, -0.2) is 8.42 Å². The standard InChI is InChI=1S/C35H31N5O6S/c1-3-46-33(42)23-39(2)32(41)22-40(47(44,45)31-11-5-7-26-9-6-18-37-34(26)31)28-16-17-29-27(19-28)8-4-10-30(29)35(43)38-21-25-14-12-24(20-36)13-15-25/h4-19H,3,21-23H2,1-2H3,(H,38,43). The van der Waals surface area contributed by atoms with E-state index in [0.29, 0.717) is 27.3 Å². The minimum absolute atomic E-state index is 0.0903. The van der Waals surface area contributed by atoms with Gasteiger partial charge in [0, 0.05) is 30.7 Å². The zero-order chi connectivity index (χ0) is 33.6. The maximum Gasteiger partial charge on any atom is 0.325 e. The van der Waals surface area contributed by atoms with Crippen LogP contribution in [0.3, 0.4) is 0 Å². The van der Waals surface area contributed by atoms with E-state index in [-0.39, 0.29) is 41.7 Å². The van der Waals surface area contributed by atoms with E-state index in [9.17, 15) is 22.8 Å². The monoisotopic (exact) mass is 649 g/mol. The Kier molecular flexibility index (Phi) is 9.77. The summed E-state index contributed by atoms with van der Waals surface area (Å²) < 4.78 is 34.6. The maximum absolute atomic E-state index is 14.3. The Bertz CT molecular complexity index is 2120. The van der Waals surface area contributed by atoms with Crippen molar-refractivity contribution in [3.05, 3.63) is 114 Å². The van der Waals surface area contributed by atoms with E-state index in [1.165, 1.54) is 25.4 Å². The number of benzene rings is 4. The highest BCUT2D eigenvalue weighted by Gasteiger charge is 2.31. The first kappa shape index (κ1) is 32.6. The van der Waals surface area contributed by atoms with E-state index in [0.717, 1.165) is 14.8 Å². The first-order chi connectivity index (χ1) is 22.6. The van der Waals surface area contributed by atoms with Gasteiger partial charge in [0.25, 0.3) is 15.9 Å². The van der Waals surface area contributed by atoms with Crippen LogP contribution in [0.4, 0.5) is 5.69 Å². The molecule has 2 amide bonds. The number of hydrogen-bond acceptors (Lipinski definition) is 8. The van der Waals surface area contributed by atoms with Crippen LogP contribution in [0.2, 0.25) is 0 Å². The normalized spacial score (nSPS) is 11.1. The maximum atomic E-state index is 14.3. The third-order valence-corrected chi connectivity index (χ3v) is 9.28. The summed E-state index contributed by atoms with van der Waals surface area (Å²) in [6.07, 6.45) is 1.49. The first-order valence-electron chi connectivity index (χ1n) is 14.7. The fourth-order valence-corrected chi connectivity index (χ4v) is 6.62. The SMILES string of the molecule is CCOC(=O)CN(C)C(=O)CN(c1ccc2c(C(=O)NCc3ccc(C#N)cc3)cccc2c1)S(=O)(=O)c1cccc2cccnc12.